The molecular weight excluding hydrogens is 505 g/mol. The van der Waals surface area contributed by atoms with Crippen LogP contribution in [0.25, 0.3) is 11.1 Å². The lowest BCUT2D eigenvalue weighted by atomic mass is 9.93. The van der Waals surface area contributed by atoms with E-state index in [0.29, 0.717) is 27.8 Å². The van der Waals surface area contributed by atoms with Gasteiger partial charge in [-0.15, -0.1) is 0 Å². The van der Waals surface area contributed by atoms with E-state index in [9.17, 15) is 4.79 Å². The fourth-order valence-electron chi connectivity index (χ4n) is 4.01. The first-order chi connectivity index (χ1) is 17.8. The number of amides is 2. The van der Waals surface area contributed by atoms with Gasteiger partial charge in [0, 0.05) is 28.2 Å². The zero-order valence-corrected chi connectivity index (χ0v) is 22.7. The Balaban J connectivity index is 1.63. The summed E-state index contributed by atoms with van der Waals surface area (Å²) < 4.78 is 0. The lowest BCUT2D eigenvalue weighted by Gasteiger charge is -2.20. The minimum absolute atomic E-state index is 0.130. The molecule has 0 saturated carbocycles. The third-order valence-corrected chi connectivity index (χ3v) is 6.42. The maximum atomic E-state index is 12.6. The van der Waals surface area contributed by atoms with Gasteiger partial charge in [-0.2, -0.15) is 5.26 Å². The van der Waals surface area contributed by atoms with E-state index in [1.165, 1.54) is 0 Å². The highest BCUT2D eigenvalue weighted by Crippen LogP contribution is 2.25. The monoisotopic (exact) mass is 537 g/mol. The van der Waals surface area contributed by atoms with Crippen LogP contribution in [0.3, 0.4) is 0 Å². The number of nitriles is 1. The van der Waals surface area contributed by atoms with Crippen LogP contribution in [0.15, 0.2) is 66.7 Å². The van der Waals surface area contributed by atoms with Crippen molar-refractivity contribution >= 4 is 34.9 Å². The summed E-state index contributed by atoms with van der Waals surface area (Å²) >= 11 is 12.1. The van der Waals surface area contributed by atoms with Gasteiger partial charge in [0.05, 0.1) is 11.6 Å². The zero-order valence-electron chi connectivity index (χ0n) is 21.2. The standard InChI is InChI=1S/C29H33Cl2N5O/c1-36(2)15-3-13-33-14-12-25(20-34-29(37)35-28-17-26(30)16-27(31)18-28)24-10-8-23(9-11-24)22-6-4-21(19-32)5-7-22/h4-11,16-18,25,33H,3,12-15,20H2,1-2H3,(H2,34,35,37). The number of nitrogens with one attached hydrogen (secondary N) is 3. The number of carbonyl (C=O) groups excluding carboxylic acids is 1. The van der Waals surface area contributed by atoms with E-state index in [-0.39, 0.29) is 11.9 Å². The van der Waals surface area contributed by atoms with E-state index in [1.807, 2.05) is 24.3 Å². The van der Waals surface area contributed by atoms with Crippen molar-refractivity contribution in [3.8, 4) is 17.2 Å². The molecule has 6 nitrogen and oxygen atoms in total. The summed E-state index contributed by atoms with van der Waals surface area (Å²) in [5.74, 6) is 0.130. The number of hydrogen-bond acceptors (Lipinski definition) is 4. The molecular formula is C29H33Cl2N5O. The van der Waals surface area contributed by atoms with E-state index >= 15 is 0 Å². The molecule has 0 saturated heterocycles. The number of hydrogen-bond donors (Lipinski definition) is 3. The molecule has 2 amide bonds. The molecule has 3 aromatic rings. The molecule has 8 heteroatoms. The van der Waals surface area contributed by atoms with Gasteiger partial charge < -0.3 is 20.9 Å². The maximum Gasteiger partial charge on any atom is 0.319 e. The Morgan fingerprint density at radius 1 is 0.946 bits per heavy atom. The fourth-order valence-corrected chi connectivity index (χ4v) is 4.54. The van der Waals surface area contributed by atoms with Crippen LogP contribution in [0.5, 0.6) is 0 Å². The first-order valence-electron chi connectivity index (χ1n) is 12.3. The van der Waals surface area contributed by atoms with Crippen molar-refractivity contribution in [3.63, 3.8) is 0 Å². The van der Waals surface area contributed by atoms with Crippen molar-refractivity contribution < 1.29 is 4.79 Å². The quantitative estimate of drug-likeness (QED) is 0.234. The smallest absolute Gasteiger partial charge is 0.319 e. The molecule has 1 unspecified atom stereocenters. The second-order valence-electron chi connectivity index (χ2n) is 9.20. The molecule has 1 atom stereocenters. The second kappa shape index (κ2) is 14.6. The normalized spacial score (nSPS) is 11.7. The molecule has 3 aromatic carbocycles. The van der Waals surface area contributed by atoms with Crippen LogP contribution in [0.1, 0.15) is 29.9 Å². The predicted molar refractivity (Wildman–Crippen MR) is 153 cm³/mol. The van der Waals surface area contributed by atoms with E-state index < -0.39 is 0 Å². The molecule has 0 spiro atoms. The van der Waals surface area contributed by atoms with Crippen LogP contribution in [0.2, 0.25) is 10.0 Å². The molecule has 0 aromatic heterocycles. The van der Waals surface area contributed by atoms with E-state index in [1.54, 1.807) is 18.2 Å². The SMILES string of the molecule is CN(C)CCCNCCC(CNC(=O)Nc1cc(Cl)cc(Cl)c1)c1ccc(-c2ccc(C#N)cc2)cc1. The molecule has 0 fully saturated rings. The average molecular weight is 539 g/mol. The third-order valence-electron chi connectivity index (χ3n) is 5.99. The zero-order chi connectivity index (χ0) is 26.6. The van der Waals surface area contributed by atoms with Crippen LogP contribution >= 0.6 is 23.2 Å². The maximum absolute atomic E-state index is 12.6. The fraction of sp³-hybridized carbons (Fsp3) is 0.310. The van der Waals surface area contributed by atoms with Gasteiger partial charge in [0.15, 0.2) is 0 Å². The van der Waals surface area contributed by atoms with Crippen LogP contribution in [-0.2, 0) is 0 Å². The summed E-state index contributed by atoms with van der Waals surface area (Å²) in [7, 11) is 4.15. The minimum atomic E-state index is -0.309. The predicted octanol–water partition coefficient (Wildman–Crippen LogP) is 6.37. The molecule has 0 heterocycles. The van der Waals surface area contributed by atoms with Crippen molar-refractivity contribution in [1.29, 1.82) is 5.26 Å². The summed E-state index contributed by atoms with van der Waals surface area (Å²) in [4.78, 5) is 14.8. The third kappa shape index (κ3) is 9.71. The number of nitrogens with zero attached hydrogens (tertiary/aromatic N) is 2. The number of anilines is 1. The molecule has 0 aliphatic rings. The molecule has 37 heavy (non-hydrogen) atoms. The average Bonchev–Trinajstić information content (AvgIpc) is 2.87. The van der Waals surface area contributed by atoms with Gasteiger partial charge in [-0.1, -0.05) is 59.6 Å². The van der Waals surface area contributed by atoms with Crippen LogP contribution in [0.4, 0.5) is 10.5 Å². The highest BCUT2D eigenvalue weighted by molar-refractivity contribution is 6.35. The van der Waals surface area contributed by atoms with E-state index in [0.717, 1.165) is 49.2 Å². The molecule has 0 radical (unpaired) electrons. The molecule has 3 N–H and O–H groups in total. The first-order valence-corrected chi connectivity index (χ1v) is 13.1. The Labute approximate surface area is 229 Å². The summed E-state index contributed by atoms with van der Waals surface area (Å²) in [5.41, 5.74) is 4.47. The van der Waals surface area contributed by atoms with Gasteiger partial charge in [-0.25, -0.2) is 4.79 Å². The largest absolute Gasteiger partial charge is 0.337 e. The van der Waals surface area contributed by atoms with Crippen molar-refractivity contribution in [2.24, 2.45) is 0 Å². The first kappa shape index (κ1) is 28.5. The number of halogens is 2. The lowest BCUT2D eigenvalue weighted by Crippen LogP contribution is -2.33. The van der Waals surface area contributed by atoms with Gasteiger partial charge in [0.1, 0.15) is 0 Å². The Bertz CT molecular complexity index is 1170. The molecule has 194 valence electrons. The highest BCUT2D eigenvalue weighted by atomic mass is 35.5. The van der Waals surface area contributed by atoms with Crippen molar-refractivity contribution in [2.75, 3.05) is 45.6 Å². The highest BCUT2D eigenvalue weighted by Gasteiger charge is 2.14. The topological polar surface area (TPSA) is 80.2 Å². The summed E-state index contributed by atoms with van der Waals surface area (Å²) in [6.07, 6.45) is 1.96. The van der Waals surface area contributed by atoms with Gasteiger partial charge in [0.25, 0.3) is 0 Å². The molecule has 3 rings (SSSR count). The number of urea groups is 1. The van der Waals surface area contributed by atoms with Crippen LogP contribution in [0, 0.1) is 11.3 Å². The molecule has 0 bridgehead atoms. The Hall–Kier alpha value is -3.08. The summed E-state index contributed by atoms with van der Waals surface area (Å²) in [6, 6.07) is 22.7. The lowest BCUT2D eigenvalue weighted by molar-refractivity contribution is 0.251. The van der Waals surface area contributed by atoms with Crippen molar-refractivity contribution in [1.82, 2.24) is 15.5 Å². The van der Waals surface area contributed by atoms with Gasteiger partial charge in [-0.05, 0) is 93.6 Å². The van der Waals surface area contributed by atoms with Gasteiger partial charge in [0.2, 0.25) is 0 Å². The van der Waals surface area contributed by atoms with Crippen LogP contribution < -0.4 is 16.0 Å². The van der Waals surface area contributed by atoms with Gasteiger partial charge in [-0.3, -0.25) is 0 Å². The van der Waals surface area contributed by atoms with Crippen LogP contribution in [-0.4, -0.2) is 51.2 Å². The Morgan fingerprint density at radius 3 is 2.16 bits per heavy atom. The Morgan fingerprint density at radius 2 is 1.57 bits per heavy atom. The summed E-state index contributed by atoms with van der Waals surface area (Å²) in [5, 5.41) is 19.3. The number of rotatable bonds is 12. The minimum Gasteiger partial charge on any atom is -0.337 e. The number of carbonyl (C=O) groups is 1. The Kier molecular flexibility index (Phi) is 11.2. The second-order valence-corrected chi connectivity index (χ2v) is 10.1. The summed E-state index contributed by atoms with van der Waals surface area (Å²) in [6.45, 7) is 3.33. The number of benzene rings is 3. The van der Waals surface area contributed by atoms with Gasteiger partial charge >= 0.3 is 6.03 Å². The molecule has 0 aliphatic carbocycles. The van der Waals surface area contributed by atoms with E-state index in [4.69, 9.17) is 28.5 Å². The van der Waals surface area contributed by atoms with E-state index in [2.05, 4.69) is 65.3 Å². The van der Waals surface area contributed by atoms with Crippen molar-refractivity contribution in [2.45, 2.75) is 18.8 Å². The van der Waals surface area contributed by atoms with Crippen molar-refractivity contribution in [3.05, 3.63) is 87.9 Å². The molecule has 0 aliphatic heterocycles.